The molecule has 4 heterocycles. The number of aryl methyl sites for hydroxylation is 2. The Balaban J connectivity index is 0.000000221. The molecule has 0 aliphatic heterocycles. The molecule has 6 rings (SSSR count). The van der Waals surface area contributed by atoms with Crippen LogP contribution in [0, 0.1) is 32.8 Å². The van der Waals surface area contributed by atoms with E-state index in [-0.39, 0.29) is 43.9 Å². The van der Waals surface area contributed by atoms with Crippen LogP contribution < -0.4 is 0 Å². The molecule has 4 aromatic heterocycles. The van der Waals surface area contributed by atoms with Gasteiger partial charge in [-0.15, -0.1) is 59.2 Å². The second-order valence-electron chi connectivity index (χ2n) is 8.75. The summed E-state index contributed by atoms with van der Waals surface area (Å²) >= 11 is 1.43. The van der Waals surface area contributed by atoms with Gasteiger partial charge in [-0.2, -0.15) is 11.3 Å². The van der Waals surface area contributed by atoms with Crippen LogP contribution in [0.25, 0.3) is 42.8 Å². The molecular formula is C33H29IrN3S-2. The molecule has 0 amide bonds. The smallest absolute Gasteiger partial charge is 0.113 e. The van der Waals surface area contributed by atoms with E-state index in [9.17, 15) is 0 Å². The van der Waals surface area contributed by atoms with Gasteiger partial charge in [0.25, 0.3) is 0 Å². The molecule has 1 radical (unpaired) electrons. The number of benzene rings is 2. The maximum atomic E-state index is 8.28. The summed E-state index contributed by atoms with van der Waals surface area (Å²) in [5, 5.41) is 1.90. The summed E-state index contributed by atoms with van der Waals surface area (Å²) in [5.41, 5.74) is 3.67. The maximum Gasteiger partial charge on any atom is 0.113 e. The van der Waals surface area contributed by atoms with E-state index in [2.05, 4.69) is 27.1 Å². The molecule has 0 N–H and O–H groups in total. The van der Waals surface area contributed by atoms with Crippen molar-refractivity contribution >= 4 is 31.6 Å². The Morgan fingerprint density at radius 3 is 2.53 bits per heavy atom. The molecule has 38 heavy (non-hydrogen) atoms. The predicted molar refractivity (Wildman–Crippen MR) is 156 cm³/mol. The van der Waals surface area contributed by atoms with E-state index < -0.39 is 30.5 Å². The topological polar surface area (TPSA) is 38.7 Å². The van der Waals surface area contributed by atoms with Gasteiger partial charge >= 0.3 is 0 Å². The van der Waals surface area contributed by atoms with E-state index >= 15 is 0 Å². The molecule has 0 saturated heterocycles. The third kappa shape index (κ3) is 6.07. The van der Waals surface area contributed by atoms with Crippen LogP contribution in [0.1, 0.15) is 54.5 Å². The number of pyridine rings is 3. The SMILES string of the molecule is [2H]c1c(C([2H])(C)C)cnc(-c2[c-]cc(C)cc2)c1[2H].[2H]c1nc(-c2[c-]ccc3c2sc2nc(C)ccc23)c([2H])c([2H])c1C([2H])([2H])[2H].[Ir]. The Morgan fingerprint density at radius 1 is 0.921 bits per heavy atom. The molecule has 6 aromatic rings. The summed E-state index contributed by atoms with van der Waals surface area (Å²) in [6.07, 6.45) is 1.02. The zero-order valence-corrected chi connectivity index (χ0v) is 24.4. The summed E-state index contributed by atoms with van der Waals surface area (Å²) in [6.45, 7) is 4.60. The largest absolute Gasteiger partial charge is 0.304 e. The van der Waals surface area contributed by atoms with E-state index in [1.807, 2.05) is 50.2 Å². The minimum absolute atomic E-state index is 0. The van der Waals surface area contributed by atoms with Gasteiger partial charge < -0.3 is 9.97 Å². The minimum atomic E-state index is -2.66. The number of thiophene rings is 1. The van der Waals surface area contributed by atoms with Crippen LogP contribution in [0.3, 0.4) is 0 Å². The molecule has 5 heteroatoms. The first-order valence-corrected chi connectivity index (χ1v) is 12.4. The van der Waals surface area contributed by atoms with Gasteiger partial charge in [0.05, 0.1) is 6.85 Å². The molecule has 193 valence electrons. The van der Waals surface area contributed by atoms with Crippen LogP contribution in [0.5, 0.6) is 0 Å². The zero-order valence-electron chi connectivity index (χ0n) is 30.2. The van der Waals surface area contributed by atoms with Crippen molar-refractivity contribution in [1.82, 2.24) is 15.0 Å². The third-order valence-electron chi connectivity index (χ3n) is 5.66. The Bertz CT molecular complexity index is 2110. The second-order valence-corrected chi connectivity index (χ2v) is 9.75. The number of rotatable bonds is 3. The van der Waals surface area contributed by atoms with Gasteiger partial charge in [-0.25, -0.2) is 4.98 Å². The van der Waals surface area contributed by atoms with Crippen LogP contribution in [-0.4, -0.2) is 15.0 Å². The Hall–Kier alpha value is -3.24. The number of fused-ring (bicyclic) bond motifs is 3. The first kappa shape index (κ1) is 18.1. The van der Waals surface area contributed by atoms with Crippen molar-refractivity contribution in [1.29, 1.82) is 0 Å². The third-order valence-corrected chi connectivity index (χ3v) is 6.79. The zero-order chi connectivity index (χ0) is 33.7. The van der Waals surface area contributed by atoms with Crippen molar-refractivity contribution < 1.29 is 32.4 Å². The van der Waals surface area contributed by atoms with Gasteiger partial charge in [-0.3, -0.25) is 0 Å². The fourth-order valence-corrected chi connectivity index (χ4v) is 4.88. The summed E-state index contributed by atoms with van der Waals surface area (Å²) in [6, 6.07) is 18.6. The van der Waals surface area contributed by atoms with Crippen molar-refractivity contribution in [3.63, 3.8) is 0 Å². The summed E-state index contributed by atoms with van der Waals surface area (Å²) in [7, 11) is 0. The number of aromatic nitrogens is 3. The molecule has 3 nitrogen and oxygen atoms in total. The Kier molecular flexibility index (Phi) is 5.76. The fraction of sp³-hybridized carbons (Fsp3) is 0.182. The van der Waals surface area contributed by atoms with Crippen LogP contribution >= 0.6 is 11.3 Å². The van der Waals surface area contributed by atoms with E-state index in [1.165, 1.54) is 17.5 Å². The molecule has 0 spiro atoms. The van der Waals surface area contributed by atoms with Crippen LogP contribution in [0.4, 0.5) is 0 Å². The van der Waals surface area contributed by atoms with E-state index in [4.69, 9.17) is 12.3 Å². The first-order chi connectivity index (χ1) is 21.5. The summed E-state index contributed by atoms with van der Waals surface area (Å²) in [5.74, 6) is -0.921. The maximum absolute atomic E-state index is 8.28. The molecule has 0 saturated carbocycles. The normalized spacial score (nSPS) is 14.8. The standard InChI is InChI=1S/C18H13N2S.C15H16N.Ir/c1-11-6-9-16(19-10-11)15-5-3-4-13-14-8-7-12(2)20-18(14)21-17(13)15;1-11(2)14-8-9-15(16-10-14)13-6-4-12(3)5-7-13;/h3-4,6-10H,1-2H3;4-6,8-11H,1-3H3;/q2*-1;/i1D3,6D,9D,10D;8D,9D,11D;. The Morgan fingerprint density at radius 2 is 1.76 bits per heavy atom. The molecule has 0 bridgehead atoms. The number of hydrogen-bond donors (Lipinski definition) is 0. The van der Waals surface area contributed by atoms with E-state index in [0.29, 0.717) is 22.4 Å². The molecule has 0 aliphatic rings. The van der Waals surface area contributed by atoms with Crippen molar-refractivity contribution in [2.45, 2.75) is 40.4 Å². The predicted octanol–water partition coefficient (Wildman–Crippen LogP) is 8.91. The molecule has 0 fully saturated rings. The minimum Gasteiger partial charge on any atom is -0.304 e. The van der Waals surface area contributed by atoms with Crippen LogP contribution in [0.15, 0.2) is 79.0 Å². The summed E-state index contributed by atoms with van der Waals surface area (Å²) < 4.78 is 71.7. The average molecular weight is 701 g/mol. The Labute approximate surface area is 255 Å². The fourth-order valence-electron chi connectivity index (χ4n) is 3.66. The van der Waals surface area contributed by atoms with Gasteiger partial charge in [0.2, 0.25) is 0 Å². The average Bonchev–Trinajstić information content (AvgIpc) is 3.34. The van der Waals surface area contributed by atoms with Gasteiger partial charge in [0.1, 0.15) is 4.83 Å². The number of nitrogens with zero attached hydrogens (tertiary/aromatic N) is 3. The van der Waals surface area contributed by atoms with Crippen molar-refractivity contribution in [2.75, 3.05) is 0 Å². The number of hydrogen-bond acceptors (Lipinski definition) is 4. The van der Waals surface area contributed by atoms with Crippen molar-refractivity contribution in [3.8, 4) is 22.5 Å². The molecule has 0 aliphatic carbocycles. The van der Waals surface area contributed by atoms with Gasteiger partial charge in [-0.1, -0.05) is 56.4 Å². The second kappa shape index (κ2) is 12.1. The molecule has 0 unspecified atom stereocenters. The van der Waals surface area contributed by atoms with Crippen molar-refractivity contribution in [3.05, 3.63) is 114 Å². The van der Waals surface area contributed by atoms with E-state index in [0.717, 1.165) is 31.6 Å². The molecular weight excluding hydrogens is 663 g/mol. The van der Waals surface area contributed by atoms with Gasteiger partial charge in [0, 0.05) is 43.7 Å². The monoisotopic (exact) mass is 701 g/mol. The molecule has 0 atom stereocenters. The van der Waals surface area contributed by atoms with Crippen LogP contribution in [0.2, 0.25) is 0 Å². The van der Waals surface area contributed by atoms with Crippen LogP contribution in [-0.2, 0) is 20.1 Å². The van der Waals surface area contributed by atoms with Gasteiger partial charge in [-0.05, 0) is 58.3 Å². The summed E-state index contributed by atoms with van der Waals surface area (Å²) in [4.78, 5) is 13.7. The first-order valence-electron chi connectivity index (χ1n) is 16.1. The van der Waals surface area contributed by atoms with E-state index in [1.54, 1.807) is 19.9 Å². The molecule has 2 aromatic carbocycles. The van der Waals surface area contributed by atoms with Gasteiger partial charge in [0.15, 0.2) is 0 Å². The quantitative estimate of drug-likeness (QED) is 0.173. The van der Waals surface area contributed by atoms with Crippen molar-refractivity contribution in [2.24, 2.45) is 0 Å².